The van der Waals surface area contributed by atoms with Gasteiger partial charge in [0, 0.05) is 60.2 Å². The maximum Gasteiger partial charge on any atom is 0.248 e. The Bertz CT molecular complexity index is 923. The van der Waals surface area contributed by atoms with Crippen molar-refractivity contribution in [2.75, 3.05) is 0 Å². The Balaban J connectivity index is -0.000000391. The summed E-state index contributed by atoms with van der Waals surface area (Å²) >= 11 is 0. The zero-order valence-corrected chi connectivity index (χ0v) is 18.7. The smallest absolute Gasteiger partial charge is 0.248 e. The van der Waals surface area contributed by atoms with Gasteiger partial charge in [0.15, 0.2) is 11.2 Å². The topological polar surface area (TPSA) is 95.2 Å². The molecule has 3 heterocycles. The normalized spacial score (nSPS) is 11.7. The molecule has 0 atom stereocenters. The third-order valence-electron chi connectivity index (χ3n) is 4.26. The van der Waals surface area contributed by atoms with Crippen molar-refractivity contribution in [3.8, 4) is 0 Å². The van der Waals surface area contributed by atoms with E-state index in [0.717, 1.165) is 17.1 Å². The van der Waals surface area contributed by atoms with Crippen molar-refractivity contribution in [2.24, 2.45) is 10.9 Å². The number of H-pyrrole nitrogens is 2. The minimum Gasteiger partial charge on any atom is -0.365 e. The van der Waals surface area contributed by atoms with Gasteiger partial charge in [-0.25, -0.2) is 0 Å². The summed E-state index contributed by atoms with van der Waals surface area (Å²) in [7, 11) is 0. The number of nitrogens with one attached hydrogen (secondary N) is 2. The number of nitrogens with zero attached hydrogens (tertiary/aromatic N) is 1. The van der Waals surface area contributed by atoms with Crippen LogP contribution in [0.1, 0.15) is 93.5 Å². The molecule has 2 aromatic rings. The van der Waals surface area contributed by atoms with Gasteiger partial charge < -0.3 is 9.97 Å². The average molecular weight is 460 g/mol. The Kier molecular flexibility index (Phi) is 18.4. The van der Waals surface area contributed by atoms with Gasteiger partial charge in [0.25, 0.3) is 0 Å². The maximum absolute atomic E-state index is 10.8. The first-order valence-corrected chi connectivity index (χ1v) is 10.2. The van der Waals surface area contributed by atoms with Gasteiger partial charge in [0.1, 0.15) is 0 Å². The van der Waals surface area contributed by atoms with Gasteiger partial charge in [-0.2, -0.15) is 0 Å². The molecular formula is C27H45N3O3. The van der Waals surface area contributed by atoms with Crippen LogP contribution in [0.2, 0.25) is 0 Å². The summed E-state index contributed by atoms with van der Waals surface area (Å²) in [6, 6.07) is 8.36. The van der Waals surface area contributed by atoms with Gasteiger partial charge in [-0.05, 0) is 23.8 Å². The monoisotopic (exact) mass is 459 g/mol. The average Bonchev–Trinajstić information content (AvgIpc) is 2.69. The van der Waals surface area contributed by atoms with Gasteiger partial charge in [-0.15, -0.1) is 0 Å². The highest BCUT2D eigenvalue weighted by molar-refractivity contribution is 6.01. The zero-order chi connectivity index (χ0) is 22.7. The number of aliphatic imine (C=N–C) groups is 1. The molecule has 3 rings (SSSR count). The predicted molar refractivity (Wildman–Crippen MR) is 144 cm³/mol. The number of aromatic nitrogens is 2. The third-order valence-corrected chi connectivity index (χ3v) is 4.26. The van der Waals surface area contributed by atoms with E-state index in [4.69, 9.17) is 0 Å². The van der Waals surface area contributed by atoms with Gasteiger partial charge in [0.2, 0.25) is 5.56 Å². The molecule has 0 spiro atoms. The van der Waals surface area contributed by atoms with Crippen molar-refractivity contribution in [3.05, 3.63) is 80.3 Å². The van der Waals surface area contributed by atoms with Crippen molar-refractivity contribution in [1.82, 2.24) is 9.97 Å². The van der Waals surface area contributed by atoms with Gasteiger partial charge >= 0.3 is 0 Å². The molecule has 33 heavy (non-hydrogen) atoms. The fraction of sp³-hybridized carbons (Fsp3) is 0.481. The molecule has 2 aromatic heterocycles. The van der Waals surface area contributed by atoms with E-state index in [9.17, 15) is 14.4 Å². The van der Waals surface area contributed by atoms with E-state index in [-0.39, 0.29) is 39.1 Å². The van der Waals surface area contributed by atoms with E-state index in [2.05, 4.69) is 15.0 Å². The molecule has 0 radical (unpaired) electrons. The number of carbonyl (C=O) groups is 1. The lowest BCUT2D eigenvalue weighted by Crippen LogP contribution is -2.06. The van der Waals surface area contributed by atoms with E-state index < -0.39 is 0 Å². The summed E-state index contributed by atoms with van der Waals surface area (Å²) in [5, 5.41) is 0. The Morgan fingerprint density at radius 3 is 1.79 bits per heavy atom. The second-order valence-corrected chi connectivity index (χ2v) is 7.97. The molecule has 6 nitrogen and oxygen atoms in total. The molecule has 0 amide bonds. The number of allylic oxidation sites excluding steroid dienone is 2. The molecule has 0 bridgehead atoms. The number of carbonyl (C=O) groups excluding carboxylic acids is 1. The standard InChI is InChI=1S/3C8H11NO.3CH4/c2*1-6(2)8-5-7(10)3-4-9-8;1-6(2)7-4-3-5-8(10)9-7;;;/h4-6H,3H2,1-2H3;2*3-6H,1-2H3,(H,9,10);3*1H4. The summed E-state index contributed by atoms with van der Waals surface area (Å²) in [4.78, 5) is 42.2. The predicted octanol–water partition coefficient (Wildman–Crippen LogP) is 6.47. The summed E-state index contributed by atoms with van der Waals surface area (Å²) in [6.45, 7) is 12.2. The van der Waals surface area contributed by atoms with Crippen LogP contribution in [-0.2, 0) is 4.79 Å². The first kappa shape index (κ1) is 34.6. The lowest BCUT2D eigenvalue weighted by atomic mass is 10.1. The van der Waals surface area contributed by atoms with Crippen LogP contribution >= 0.6 is 0 Å². The Hall–Kier alpha value is -3.02. The highest BCUT2D eigenvalue weighted by Crippen LogP contribution is 2.13. The quantitative estimate of drug-likeness (QED) is 0.550. The SMILES string of the molecule is C.C.C.CC(C)C1=CC(=O)CC=N1.CC(C)c1cc(=O)cc[nH]1.CC(C)c1cccc(=O)[nH]1. The van der Waals surface area contributed by atoms with Crippen LogP contribution in [0.5, 0.6) is 0 Å². The van der Waals surface area contributed by atoms with Crippen LogP contribution in [-0.4, -0.2) is 22.0 Å². The van der Waals surface area contributed by atoms with Crippen molar-refractivity contribution in [2.45, 2.75) is 82.1 Å². The maximum atomic E-state index is 10.8. The Morgan fingerprint density at radius 1 is 0.818 bits per heavy atom. The lowest BCUT2D eigenvalue weighted by molar-refractivity contribution is -0.113. The molecule has 0 saturated carbocycles. The van der Waals surface area contributed by atoms with Crippen LogP contribution in [0.4, 0.5) is 0 Å². The van der Waals surface area contributed by atoms with Gasteiger partial charge in [0.05, 0.1) is 0 Å². The summed E-state index contributed by atoms with van der Waals surface area (Å²) in [5.41, 5.74) is 2.94. The molecule has 0 fully saturated rings. The lowest BCUT2D eigenvalue weighted by Gasteiger charge is -2.07. The van der Waals surface area contributed by atoms with E-state index in [1.807, 2.05) is 47.6 Å². The number of rotatable bonds is 3. The van der Waals surface area contributed by atoms with Gasteiger partial charge in [-0.1, -0.05) is 69.9 Å². The number of hydrogen-bond donors (Lipinski definition) is 2. The molecule has 2 N–H and O–H groups in total. The Morgan fingerprint density at radius 2 is 1.42 bits per heavy atom. The van der Waals surface area contributed by atoms with E-state index in [1.165, 1.54) is 12.1 Å². The number of ketones is 1. The molecule has 6 heteroatoms. The molecule has 0 saturated heterocycles. The van der Waals surface area contributed by atoms with Crippen LogP contribution in [0.3, 0.4) is 0 Å². The highest BCUT2D eigenvalue weighted by Gasteiger charge is 2.07. The molecule has 0 unspecified atom stereocenters. The highest BCUT2D eigenvalue weighted by atomic mass is 16.1. The summed E-state index contributed by atoms with van der Waals surface area (Å²) in [6.07, 6.45) is 5.45. The molecule has 0 aromatic carbocycles. The van der Waals surface area contributed by atoms with Crippen molar-refractivity contribution in [1.29, 1.82) is 0 Å². The molecule has 186 valence electrons. The van der Waals surface area contributed by atoms with Crippen molar-refractivity contribution < 1.29 is 4.79 Å². The molecule has 1 aliphatic heterocycles. The van der Waals surface area contributed by atoms with E-state index in [1.54, 1.807) is 30.6 Å². The van der Waals surface area contributed by atoms with E-state index >= 15 is 0 Å². The molecular weight excluding hydrogens is 414 g/mol. The number of pyridine rings is 2. The van der Waals surface area contributed by atoms with Crippen LogP contribution in [0.15, 0.2) is 62.9 Å². The molecule has 0 aliphatic carbocycles. The first-order chi connectivity index (χ1) is 14.1. The minimum absolute atomic E-state index is 0. The van der Waals surface area contributed by atoms with E-state index in [0.29, 0.717) is 24.2 Å². The number of aromatic amines is 2. The Labute approximate surface area is 200 Å². The molecule has 1 aliphatic rings. The summed E-state index contributed by atoms with van der Waals surface area (Å²) < 4.78 is 0. The first-order valence-electron chi connectivity index (χ1n) is 10.2. The fourth-order valence-electron chi connectivity index (χ4n) is 2.42. The fourth-order valence-corrected chi connectivity index (χ4v) is 2.42. The minimum atomic E-state index is -0.0220. The van der Waals surface area contributed by atoms with Crippen LogP contribution < -0.4 is 11.0 Å². The van der Waals surface area contributed by atoms with Crippen LogP contribution in [0, 0.1) is 5.92 Å². The van der Waals surface area contributed by atoms with Crippen molar-refractivity contribution >= 4 is 12.0 Å². The second-order valence-electron chi connectivity index (χ2n) is 7.97. The largest absolute Gasteiger partial charge is 0.365 e. The third kappa shape index (κ3) is 13.9. The van der Waals surface area contributed by atoms with Gasteiger partial charge in [-0.3, -0.25) is 19.4 Å². The second kappa shape index (κ2) is 17.5. The van der Waals surface area contributed by atoms with Crippen LogP contribution in [0.25, 0.3) is 0 Å². The van der Waals surface area contributed by atoms with Crippen molar-refractivity contribution in [3.63, 3.8) is 0 Å². The zero-order valence-electron chi connectivity index (χ0n) is 18.7. The number of hydrogen-bond acceptors (Lipinski definition) is 4. The summed E-state index contributed by atoms with van der Waals surface area (Å²) in [5.74, 6) is 1.32.